The van der Waals surface area contributed by atoms with E-state index in [1.165, 1.54) is 21.8 Å². The monoisotopic (exact) mass is 439 g/mol. The summed E-state index contributed by atoms with van der Waals surface area (Å²) in [5.41, 5.74) is 6.18. The molecular weight excluding hydrogens is 418 g/mol. The van der Waals surface area contributed by atoms with E-state index in [9.17, 15) is 10.1 Å². The SMILES string of the molecule is Cc1ccc(-c2cnnn2-c2ccc(C(=O)Nc3sc4c(c3C#N)CCCC4)cc2)cc1. The summed E-state index contributed by atoms with van der Waals surface area (Å²) in [5.74, 6) is -0.219. The van der Waals surface area contributed by atoms with Crippen LogP contribution >= 0.6 is 11.3 Å². The normalized spacial score (nSPS) is 12.8. The Kier molecular flexibility index (Phi) is 5.29. The lowest BCUT2D eigenvalue weighted by Gasteiger charge is -2.09. The maximum atomic E-state index is 12.9. The van der Waals surface area contributed by atoms with Gasteiger partial charge in [-0.1, -0.05) is 35.0 Å². The van der Waals surface area contributed by atoms with Gasteiger partial charge in [-0.2, -0.15) is 5.26 Å². The van der Waals surface area contributed by atoms with Crippen LogP contribution < -0.4 is 5.32 Å². The molecule has 0 bridgehead atoms. The van der Waals surface area contributed by atoms with Gasteiger partial charge in [0.2, 0.25) is 0 Å². The summed E-state index contributed by atoms with van der Waals surface area (Å²) in [7, 11) is 0. The first-order chi connectivity index (χ1) is 15.6. The average molecular weight is 440 g/mol. The van der Waals surface area contributed by atoms with Crippen molar-refractivity contribution in [3.05, 3.63) is 81.9 Å². The van der Waals surface area contributed by atoms with Crippen molar-refractivity contribution >= 4 is 22.2 Å². The molecule has 0 radical (unpaired) electrons. The van der Waals surface area contributed by atoms with E-state index in [0.29, 0.717) is 16.1 Å². The van der Waals surface area contributed by atoms with E-state index in [0.717, 1.165) is 48.2 Å². The summed E-state index contributed by atoms with van der Waals surface area (Å²) < 4.78 is 1.76. The predicted octanol–water partition coefficient (Wildman–Crippen LogP) is 5.31. The molecule has 2 aromatic heterocycles. The van der Waals surface area contributed by atoms with Crippen molar-refractivity contribution < 1.29 is 4.79 Å². The number of aromatic nitrogens is 3. The Morgan fingerprint density at radius 1 is 1.09 bits per heavy atom. The Balaban J connectivity index is 1.38. The van der Waals surface area contributed by atoms with E-state index in [2.05, 4.69) is 33.8 Å². The fourth-order valence-electron chi connectivity index (χ4n) is 4.05. The van der Waals surface area contributed by atoms with Gasteiger partial charge in [-0.05, 0) is 62.4 Å². The van der Waals surface area contributed by atoms with E-state index in [4.69, 9.17) is 0 Å². The van der Waals surface area contributed by atoms with Gasteiger partial charge >= 0.3 is 0 Å². The van der Waals surface area contributed by atoms with Crippen molar-refractivity contribution in [3.63, 3.8) is 0 Å². The average Bonchev–Trinajstić information content (AvgIpc) is 3.44. The smallest absolute Gasteiger partial charge is 0.256 e. The number of aryl methyl sites for hydroxylation is 2. The summed E-state index contributed by atoms with van der Waals surface area (Å²) in [6.45, 7) is 2.05. The summed E-state index contributed by atoms with van der Waals surface area (Å²) >= 11 is 1.53. The second kappa shape index (κ2) is 8.40. The molecule has 2 aromatic carbocycles. The van der Waals surface area contributed by atoms with Crippen LogP contribution in [0, 0.1) is 18.3 Å². The van der Waals surface area contributed by atoms with Crippen molar-refractivity contribution in [1.29, 1.82) is 5.26 Å². The number of fused-ring (bicyclic) bond motifs is 1. The first kappa shape index (κ1) is 20.2. The molecule has 0 fully saturated rings. The van der Waals surface area contributed by atoms with Crippen molar-refractivity contribution in [2.45, 2.75) is 32.6 Å². The lowest BCUT2D eigenvalue weighted by molar-refractivity contribution is 0.102. The van der Waals surface area contributed by atoms with E-state index in [1.807, 2.05) is 31.2 Å². The van der Waals surface area contributed by atoms with E-state index >= 15 is 0 Å². The van der Waals surface area contributed by atoms with Crippen molar-refractivity contribution in [3.8, 4) is 23.0 Å². The molecule has 0 aliphatic heterocycles. The van der Waals surface area contributed by atoms with Crippen molar-refractivity contribution in [1.82, 2.24) is 15.0 Å². The summed E-state index contributed by atoms with van der Waals surface area (Å²) in [6, 6.07) is 17.7. The largest absolute Gasteiger partial charge is 0.312 e. The van der Waals surface area contributed by atoms with Gasteiger partial charge in [-0.25, -0.2) is 4.68 Å². The molecule has 0 saturated carbocycles. The van der Waals surface area contributed by atoms with Gasteiger partial charge in [0.1, 0.15) is 11.1 Å². The molecule has 0 atom stereocenters. The van der Waals surface area contributed by atoms with Crippen LogP contribution in [-0.4, -0.2) is 20.9 Å². The molecule has 2 heterocycles. The zero-order valence-electron chi connectivity index (χ0n) is 17.6. The van der Waals surface area contributed by atoms with Crippen LogP contribution in [0.5, 0.6) is 0 Å². The Morgan fingerprint density at radius 3 is 2.59 bits per heavy atom. The zero-order chi connectivity index (χ0) is 22.1. The Hall–Kier alpha value is -3.76. The molecule has 7 heteroatoms. The molecule has 1 amide bonds. The first-order valence-electron chi connectivity index (χ1n) is 10.6. The van der Waals surface area contributed by atoms with Gasteiger partial charge < -0.3 is 5.32 Å². The molecule has 0 spiro atoms. The highest BCUT2D eigenvalue weighted by Gasteiger charge is 2.22. The highest BCUT2D eigenvalue weighted by molar-refractivity contribution is 7.16. The van der Waals surface area contributed by atoms with Crippen LogP contribution in [-0.2, 0) is 12.8 Å². The van der Waals surface area contributed by atoms with Gasteiger partial charge in [-0.15, -0.1) is 16.4 Å². The minimum absolute atomic E-state index is 0.219. The fraction of sp³-hybridized carbons (Fsp3) is 0.200. The van der Waals surface area contributed by atoms with Gasteiger partial charge in [0.25, 0.3) is 5.91 Å². The van der Waals surface area contributed by atoms with Gasteiger partial charge in [0, 0.05) is 16.0 Å². The molecule has 158 valence electrons. The third-order valence-corrected chi connectivity index (χ3v) is 6.99. The maximum absolute atomic E-state index is 12.9. The molecule has 6 nitrogen and oxygen atoms in total. The highest BCUT2D eigenvalue weighted by atomic mass is 32.1. The predicted molar refractivity (Wildman–Crippen MR) is 125 cm³/mol. The maximum Gasteiger partial charge on any atom is 0.256 e. The number of hydrogen-bond donors (Lipinski definition) is 1. The lowest BCUT2D eigenvalue weighted by Crippen LogP contribution is -2.12. The van der Waals surface area contributed by atoms with Crippen molar-refractivity contribution in [2.24, 2.45) is 0 Å². The molecule has 32 heavy (non-hydrogen) atoms. The third-order valence-electron chi connectivity index (χ3n) is 5.78. The molecule has 1 N–H and O–H groups in total. The van der Waals surface area contributed by atoms with E-state index < -0.39 is 0 Å². The molecule has 5 rings (SSSR count). The van der Waals surface area contributed by atoms with Crippen LogP contribution in [0.4, 0.5) is 5.00 Å². The van der Waals surface area contributed by atoms with Crippen LogP contribution in [0.25, 0.3) is 16.9 Å². The fourth-order valence-corrected chi connectivity index (χ4v) is 5.28. The highest BCUT2D eigenvalue weighted by Crippen LogP contribution is 2.37. The third kappa shape index (κ3) is 3.70. The summed E-state index contributed by atoms with van der Waals surface area (Å²) in [4.78, 5) is 14.1. The minimum atomic E-state index is -0.219. The summed E-state index contributed by atoms with van der Waals surface area (Å²) in [6.07, 6.45) is 5.87. The zero-order valence-corrected chi connectivity index (χ0v) is 18.4. The van der Waals surface area contributed by atoms with Crippen molar-refractivity contribution in [2.75, 3.05) is 5.32 Å². The second-order valence-electron chi connectivity index (χ2n) is 7.92. The Labute approximate surface area is 190 Å². The number of amides is 1. The number of rotatable bonds is 4. The minimum Gasteiger partial charge on any atom is -0.312 e. The summed E-state index contributed by atoms with van der Waals surface area (Å²) in [5, 5.41) is 21.5. The van der Waals surface area contributed by atoms with E-state index in [1.54, 1.807) is 23.0 Å². The van der Waals surface area contributed by atoms with Gasteiger partial charge in [0.15, 0.2) is 0 Å². The lowest BCUT2D eigenvalue weighted by atomic mass is 9.96. The molecular formula is C25H21N5OS. The number of nitriles is 1. The molecule has 1 aliphatic rings. The standard InChI is InChI=1S/C25H21N5OS/c1-16-6-8-17(9-7-16)22-15-27-29-30(22)19-12-10-18(11-13-19)24(31)28-25-21(14-26)20-4-2-3-5-23(20)32-25/h6-13,15H,2-5H2,1H3,(H,28,31). The van der Waals surface area contributed by atoms with Crippen LogP contribution in [0.3, 0.4) is 0 Å². The number of nitrogens with zero attached hydrogens (tertiary/aromatic N) is 4. The number of benzene rings is 2. The second-order valence-corrected chi connectivity index (χ2v) is 9.03. The number of anilines is 1. The number of thiophene rings is 1. The molecule has 4 aromatic rings. The first-order valence-corrected chi connectivity index (χ1v) is 11.4. The van der Waals surface area contributed by atoms with Crippen LogP contribution in [0.15, 0.2) is 54.7 Å². The molecule has 0 unspecified atom stereocenters. The number of hydrogen-bond acceptors (Lipinski definition) is 5. The topological polar surface area (TPSA) is 83.6 Å². The van der Waals surface area contributed by atoms with Crippen LogP contribution in [0.2, 0.25) is 0 Å². The quantitative estimate of drug-likeness (QED) is 0.467. The molecule has 0 saturated heterocycles. The van der Waals surface area contributed by atoms with Gasteiger partial charge in [-0.3, -0.25) is 4.79 Å². The van der Waals surface area contributed by atoms with E-state index in [-0.39, 0.29) is 5.91 Å². The van der Waals surface area contributed by atoms with Crippen LogP contribution in [0.1, 0.15) is 44.8 Å². The number of carbonyl (C=O) groups is 1. The van der Waals surface area contributed by atoms with Gasteiger partial charge in [0.05, 0.1) is 23.1 Å². The number of carbonyl (C=O) groups excluding carboxylic acids is 1. The molecule has 1 aliphatic carbocycles. The Bertz CT molecular complexity index is 1330. The Morgan fingerprint density at radius 2 is 1.84 bits per heavy atom. The number of nitrogens with one attached hydrogen (secondary N) is 1.